The molecule has 7 nitrogen and oxygen atoms in total. The van der Waals surface area contributed by atoms with Gasteiger partial charge in [0.1, 0.15) is 6.04 Å². The molecule has 0 saturated carbocycles. The minimum Gasteiger partial charge on any atom is -0.467 e. The molecule has 2 unspecified atom stereocenters. The molecule has 0 spiro atoms. The zero-order valence-electron chi connectivity index (χ0n) is 18.3. The zero-order chi connectivity index (χ0) is 22.5. The number of carbonyl (C=O) groups is 3. The van der Waals surface area contributed by atoms with E-state index in [1.54, 1.807) is 11.8 Å². The van der Waals surface area contributed by atoms with Crippen LogP contribution in [0.25, 0.3) is 0 Å². The van der Waals surface area contributed by atoms with Crippen LogP contribution in [0.15, 0.2) is 48.5 Å². The number of alkyl carbamates (subject to hydrolysis) is 1. The van der Waals surface area contributed by atoms with Gasteiger partial charge in [0.2, 0.25) is 5.91 Å². The first-order valence-corrected chi connectivity index (χ1v) is 10.4. The van der Waals surface area contributed by atoms with Gasteiger partial charge in [-0.05, 0) is 35.6 Å². The van der Waals surface area contributed by atoms with Gasteiger partial charge in [0.15, 0.2) is 0 Å². The third-order valence-electron chi connectivity index (χ3n) is 5.40. The Morgan fingerprint density at radius 3 is 2.45 bits per heavy atom. The lowest BCUT2D eigenvalue weighted by molar-refractivity contribution is -0.145. The maximum absolute atomic E-state index is 13.6. The molecule has 0 radical (unpaired) electrons. The summed E-state index contributed by atoms with van der Waals surface area (Å²) in [4.78, 5) is 40.0. The largest absolute Gasteiger partial charge is 0.467 e. The van der Waals surface area contributed by atoms with Crippen molar-refractivity contribution in [2.24, 2.45) is 0 Å². The van der Waals surface area contributed by atoms with E-state index in [-0.39, 0.29) is 18.4 Å². The van der Waals surface area contributed by atoms with Crippen LogP contribution < -0.4 is 10.2 Å². The Morgan fingerprint density at radius 2 is 1.84 bits per heavy atom. The van der Waals surface area contributed by atoms with Gasteiger partial charge in [0, 0.05) is 5.69 Å². The molecule has 7 heteroatoms. The van der Waals surface area contributed by atoms with Crippen molar-refractivity contribution in [3.63, 3.8) is 0 Å². The van der Waals surface area contributed by atoms with E-state index in [2.05, 4.69) is 19.2 Å². The number of hydrogen-bond acceptors (Lipinski definition) is 5. The van der Waals surface area contributed by atoms with Gasteiger partial charge in [-0.3, -0.25) is 4.79 Å². The quantitative estimate of drug-likeness (QED) is 0.685. The van der Waals surface area contributed by atoms with Crippen LogP contribution >= 0.6 is 0 Å². The molecule has 0 saturated heterocycles. The van der Waals surface area contributed by atoms with Gasteiger partial charge >= 0.3 is 12.1 Å². The SMILES string of the molecule is CCOC(=O)NC(C(=O)OC)C1C(=O)N(Cc2ccccc2)c2ccc(C(C)C)cc21. The summed E-state index contributed by atoms with van der Waals surface area (Å²) in [6, 6.07) is 14.3. The number of hydrogen-bond donors (Lipinski definition) is 1. The van der Waals surface area contributed by atoms with Crippen LogP contribution in [-0.4, -0.2) is 37.7 Å². The number of anilines is 1. The lowest BCUT2D eigenvalue weighted by atomic mass is 9.89. The molecule has 2 amide bonds. The molecule has 2 aromatic rings. The summed E-state index contributed by atoms with van der Waals surface area (Å²) < 4.78 is 9.87. The smallest absolute Gasteiger partial charge is 0.407 e. The average Bonchev–Trinajstić information content (AvgIpc) is 3.03. The Labute approximate surface area is 182 Å². The second kappa shape index (κ2) is 9.64. The standard InChI is InChI=1S/C24H28N2O5/c1-5-31-24(29)25-21(23(28)30-4)20-18-13-17(15(2)3)11-12-19(18)26(22(20)27)14-16-9-7-6-8-10-16/h6-13,15,20-21H,5,14H2,1-4H3,(H,25,29). The highest BCUT2D eigenvalue weighted by atomic mass is 16.6. The topological polar surface area (TPSA) is 84.9 Å². The summed E-state index contributed by atoms with van der Waals surface area (Å²) >= 11 is 0. The Bertz CT molecular complexity index is 958. The summed E-state index contributed by atoms with van der Waals surface area (Å²) in [6.45, 7) is 6.29. The Morgan fingerprint density at radius 1 is 1.13 bits per heavy atom. The highest BCUT2D eigenvalue weighted by Crippen LogP contribution is 2.42. The number of nitrogens with zero attached hydrogens (tertiary/aromatic N) is 1. The van der Waals surface area contributed by atoms with E-state index in [9.17, 15) is 14.4 Å². The lowest BCUT2D eigenvalue weighted by Gasteiger charge is -2.23. The van der Waals surface area contributed by atoms with E-state index in [1.165, 1.54) is 7.11 Å². The molecule has 0 bridgehead atoms. The molecule has 3 rings (SSSR count). The molecule has 1 heterocycles. The summed E-state index contributed by atoms with van der Waals surface area (Å²) in [5.41, 5.74) is 3.42. The molecule has 0 aliphatic carbocycles. The summed E-state index contributed by atoms with van der Waals surface area (Å²) in [5, 5.41) is 2.53. The lowest BCUT2D eigenvalue weighted by Crippen LogP contribution is -2.48. The first kappa shape index (κ1) is 22.3. The van der Waals surface area contributed by atoms with Crippen molar-refractivity contribution in [1.29, 1.82) is 0 Å². The third kappa shape index (κ3) is 4.71. The van der Waals surface area contributed by atoms with Gasteiger partial charge < -0.3 is 19.7 Å². The van der Waals surface area contributed by atoms with Crippen LogP contribution in [-0.2, 0) is 25.6 Å². The number of benzene rings is 2. The highest BCUT2D eigenvalue weighted by molar-refractivity contribution is 6.08. The molecule has 2 aromatic carbocycles. The van der Waals surface area contributed by atoms with E-state index in [0.717, 1.165) is 16.8 Å². The van der Waals surface area contributed by atoms with Crippen molar-refractivity contribution in [2.45, 2.75) is 45.2 Å². The van der Waals surface area contributed by atoms with Crippen LogP contribution in [0.5, 0.6) is 0 Å². The van der Waals surface area contributed by atoms with Crippen molar-refractivity contribution in [3.8, 4) is 0 Å². The van der Waals surface area contributed by atoms with Crippen LogP contribution in [0.4, 0.5) is 10.5 Å². The molecule has 1 aliphatic rings. The fourth-order valence-corrected chi connectivity index (χ4v) is 3.80. The van der Waals surface area contributed by atoms with Crippen LogP contribution in [0.2, 0.25) is 0 Å². The molecule has 0 aromatic heterocycles. The van der Waals surface area contributed by atoms with Crippen LogP contribution in [0.3, 0.4) is 0 Å². The number of fused-ring (bicyclic) bond motifs is 1. The van der Waals surface area contributed by atoms with Gasteiger partial charge in [0.25, 0.3) is 0 Å². The van der Waals surface area contributed by atoms with Crippen molar-refractivity contribution in [2.75, 3.05) is 18.6 Å². The van der Waals surface area contributed by atoms with Crippen molar-refractivity contribution < 1.29 is 23.9 Å². The predicted octanol–water partition coefficient (Wildman–Crippen LogP) is 3.73. The first-order valence-electron chi connectivity index (χ1n) is 10.4. The number of amides is 2. The van der Waals surface area contributed by atoms with Gasteiger partial charge in [0.05, 0.1) is 26.2 Å². The summed E-state index contributed by atoms with van der Waals surface area (Å²) in [6.07, 6.45) is -0.770. The van der Waals surface area contributed by atoms with Crippen molar-refractivity contribution >= 4 is 23.7 Å². The van der Waals surface area contributed by atoms with Gasteiger partial charge in [-0.15, -0.1) is 0 Å². The van der Waals surface area contributed by atoms with Crippen molar-refractivity contribution in [1.82, 2.24) is 5.32 Å². The van der Waals surface area contributed by atoms with Crippen LogP contribution in [0.1, 0.15) is 49.3 Å². The molecular weight excluding hydrogens is 396 g/mol. The highest BCUT2D eigenvalue weighted by Gasteiger charge is 2.46. The van der Waals surface area contributed by atoms with E-state index < -0.39 is 24.0 Å². The Kier molecular flexibility index (Phi) is 6.95. The maximum atomic E-state index is 13.6. The number of ether oxygens (including phenoxy) is 2. The van der Waals surface area contributed by atoms with Crippen molar-refractivity contribution in [3.05, 3.63) is 65.2 Å². The molecule has 31 heavy (non-hydrogen) atoms. The summed E-state index contributed by atoms with van der Waals surface area (Å²) in [5.74, 6) is -1.64. The minimum atomic E-state index is -1.20. The number of nitrogens with one attached hydrogen (secondary N) is 1. The maximum Gasteiger partial charge on any atom is 0.407 e. The number of methoxy groups -OCH3 is 1. The predicted molar refractivity (Wildman–Crippen MR) is 117 cm³/mol. The second-order valence-corrected chi connectivity index (χ2v) is 7.73. The number of rotatable bonds is 7. The Balaban J connectivity index is 2.06. The van der Waals surface area contributed by atoms with E-state index in [0.29, 0.717) is 12.1 Å². The van der Waals surface area contributed by atoms with Gasteiger partial charge in [-0.1, -0.05) is 56.3 Å². The molecular formula is C24H28N2O5. The summed E-state index contributed by atoms with van der Waals surface area (Å²) in [7, 11) is 1.23. The minimum absolute atomic E-state index is 0.145. The third-order valence-corrected chi connectivity index (χ3v) is 5.40. The molecule has 1 aliphatic heterocycles. The fraction of sp³-hybridized carbons (Fsp3) is 0.375. The molecule has 2 atom stereocenters. The van der Waals surface area contributed by atoms with Crippen LogP contribution in [0, 0.1) is 0 Å². The first-order chi connectivity index (χ1) is 14.9. The zero-order valence-corrected chi connectivity index (χ0v) is 18.3. The fourth-order valence-electron chi connectivity index (χ4n) is 3.80. The number of esters is 1. The normalized spacial score (nSPS) is 16.1. The van der Waals surface area contributed by atoms with E-state index in [4.69, 9.17) is 9.47 Å². The Hall–Kier alpha value is -3.35. The second-order valence-electron chi connectivity index (χ2n) is 7.73. The average molecular weight is 424 g/mol. The molecule has 0 fully saturated rings. The molecule has 164 valence electrons. The van der Waals surface area contributed by atoms with E-state index in [1.807, 2.05) is 48.5 Å². The monoisotopic (exact) mass is 424 g/mol. The van der Waals surface area contributed by atoms with Gasteiger partial charge in [-0.25, -0.2) is 9.59 Å². The number of carbonyl (C=O) groups excluding carboxylic acids is 3. The molecule has 1 N–H and O–H groups in total. The van der Waals surface area contributed by atoms with Gasteiger partial charge in [-0.2, -0.15) is 0 Å². The van der Waals surface area contributed by atoms with E-state index >= 15 is 0 Å².